The van der Waals surface area contributed by atoms with E-state index in [0.717, 1.165) is 25.2 Å². The van der Waals surface area contributed by atoms with Crippen LogP contribution >= 0.6 is 11.6 Å². The van der Waals surface area contributed by atoms with Crippen LogP contribution in [0.5, 0.6) is 0 Å². The van der Waals surface area contributed by atoms with Crippen molar-refractivity contribution in [1.29, 1.82) is 5.41 Å². The highest BCUT2D eigenvalue weighted by molar-refractivity contribution is 6.31. The first-order valence-corrected chi connectivity index (χ1v) is 6.67. The normalized spacial score (nSPS) is 11.2. The van der Waals surface area contributed by atoms with Gasteiger partial charge in [-0.05, 0) is 24.1 Å². The molecular weight excluding hydrogens is 246 g/mol. The van der Waals surface area contributed by atoms with E-state index in [1.807, 2.05) is 12.1 Å². The molecule has 0 heterocycles. The van der Waals surface area contributed by atoms with Crippen molar-refractivity contribution in [1.82, 2.24) is 4.90 Å². The minimum absolute atomic E-state index is 0.0537. The zero-order valence-electron chi connectivity index (χ0n) is 11.3. The first-order valence-electron chi connectivity index (χ1n) is 6.29. The largest absolute Gasteiger partial charge is 0.384 e. The van der Waals surface area contributed by atoms with Gasteiger partial charge in [0.1, 0.15) is 5.84 Å². The van der Waals surface area contributed by atoms with E-state index in [2.05, 4.69) is 25.7 Å². The molecule has 1 aromatic carbocycles. The van der Waals surface area contributed by atoms with Gasteiger partial charge in [-0.15, -0.1) is 0 Å². The summed E-state index contributed by atoms with van der Waals surface area (Å²) in [7, 11) is 0. The smallest absolute Gasteiger partial charge is 0.122 e. The fourth-order valence-corrected chi connectivity index (χ4v) is 2.15. The number of halogens is 1. The lowest BCUT2D eigenvalue weighted by Crippen LogP contribution is -2.27. The van der Waals surface area contributed by atoms with Crippen molar-refractivity contribution in [2.24, 2.45) is 11.7 Å². The maximum Gasteiger partial charge on any atom is 0.122 e. The monoisotopic (exact) mass is 267 g/mol. The van der Waals surface area contributed by atoms with Crippen molar-refractivity contribution in [2.75, 3.05) is 13.1 Å². The standard InChI is InChI=1S/C14H22ClN3/c1-4-18(8-10(2)3)9-12-6-5-11(14(16)17)7-13(12)15/h5-7,10H,4,8-9H2,1-3H3,(H3,16,17). The molecule has 100 valence electrons. The van der Waals surface area contributed by atoms with Crippen molar-refractivity contribution in [3.63, 3.8) is 0 Å². The van der Waals surface area contributed by atoms with E-state index >= 15 is 0 Å². The van der Waals surface area contributed by atoms with E-state index in [9.17, 15) is 0 Å². The van der Waals surface area contributed by atoms with Gasteiger partial charge in [-0.1, -0.05) is 44.5 Å². The minimum atomic E-state index is 0.0537. The van der Waals surface area contributed by atoms with Crippen LogP contribution in [0.25, 0.3) is 0 Å². The molecule has 0 saturated carbocycles. The molecule has 0 aliphatic carbocycles. The predicted octanol–water partition coefficient (Wildman–Crippen LogP) is 3.10. The molecule has 0 spiro atoms. The van der Waals surface area contributed by atoms with Gasteiger partial charge < -0.3 is 5.73 Å². The third kappa shape index (κ3) is 4.31. The molecule has 0 atom stereocenters. The Labute approximate surface area is 114 Å². The van der Waals surface area contributed by atoms with E-state index in [0.29, 0.717) is 16.5 Å². The zero-order valence-corrected chi connectivity index (χ0v) is 12.1. The van der Waals surface area contributed by atoms with Gasteiger partial charge in [0, 0.05) is 23.7 Å². The molecule has 0 bridgehead atoms. The number of nitrogens with zero attached hydrogens (tertiary/aromatic N) is 1. The molecular formula is C14H22ClN3. The van der Waals surface area contributed by atoms with Gasteiger partial charge >= 0.3 is 0 Å². The molecule has 0 amide bonds. The SMILES string of the molecule is CCN(Cc1ccc(C(=N)N)cc1Cl)CC(C)C. The fraction of sp³-hybridized carbons (Fsp3) is 0.500. The Morgan fingerprint density at radius 1 is 1.44 bits per heavy atom. The number of hydrogen-bond acceptors (Lipinski definition) is 2. The summed E-state index contributed by atoms with van der Waals surface area (Å²) in [5.41, 5.74) is 7.20. The van der Waals surface area contributed by atoms with E-state index in [1.54, 1.807) is 6.07 Å². The summed E-state index contributed by atoms with van der Waals surface area (Å²) in [4.78, 5) is 2.36. The van der Waals surface area contributed by atoms with Crippen LogP contribution in [0, 0.1) is 11.3 Å². The van der Waals surface area contributed by atoms with Gasteiger partial charge in [0.15, 0.2) is 0 Å². The molecule has 0 aliphatic heterocycles. The number of amidine groups is 1. The second kappa shape index (κ2) is 6.76. The fourth-order valence-electron chi connectivity index (χ4n) is 1.91. The molecule has 0 radical (unpaired) electrons. The highest BCUT2D eigenvalue weighted by Crippen LogP contribution is 2.20. The number of nitrogen functional groups attached to an aromatic ring is 1. The van der Waals surface area contributed by atoms with Gasteiger partial charge in [-0.3, -0.25) is 10.3 Å². The zero-order chi connectivity index (χ0) is 13.7. The summed E-state index contributed by atoms with van der Waals surface area (Å²) in [6.07, 6.45) is 0. The van der Waals surface area contributed by atoms with Crippen LogP contribution in [0.2, 0.25) is 5.02 Å². The van der Waals surface area contributed by atoms with Gasteiger partial charge in [0.25, 0.3) is 0 Å². The summed E-state index contributed by atoms with van der Waals surface area (Å²) in [5, 5.41) is 8.07. The maximum absolute atomic E-state index is 7.38. The highest BCUT2D eigenvalue weighted by atomic mass is 35.5. The molecule has 1 aromatic rings. The Kier molecular flexibility index (Phi) is 5.63. The molecule has 0 saturated heterocycles. The van der Waals surface area contributed by atoms with E-state index in [1.165, 1.54) is 0 Å². The number of nitrogens with one attached hydrogen (secondary N) is 1. The molecule has 4 heteroatoms. The molecule has 18 heavy (non-hydrogen) atoms. The Balaban J connectivity index is 2.80. The number of hydrogen-bond donors (Lipinski definition) is 2. The molecule has 3 N–H and O–H groups in total. The quantitative estimate of drug-likeness (QED) is 0.615. The first-order chi connectivity index (χ1) is 8.43. The molecule has 0 aliphatic rings. The maximum atomic E-state index is 7.38. The molecule has 0 unspecified atom stereocenters. The first kappa shape index (κ1) is 15.0. The van der Waals surface area contributed by atoms with Gasteiger partial charge in [-0.2, -0.15) is 0 Å². The van der Waals surface area contributed by atoms with Crippen molar-refractivity contribution in [3.05, 3.63) is 34.3 Å². The Morgan fingerprint density at radius 2 is 2.11 bits per heavy atom. The minimum Gasteiger partial charge on any atom is -0.384 e. The lowest BCUT2D eigenvalue weighted by atomic mass is 10.1. The van der Waals surface area contributed by atoms with Crippen LogP contribution < -0.4 is 5.73 Å². The topological polar surface area (TPSA) is 53.1 Å². The number of rotatable bonds is 6. The van der Waals surface area contributed by atoms with Crippen LogP contribution in [0.1, 0.15) is 31.9 Å². The average molecular weight is 268 g/mol. The van der Waals surface area contributed by atoms with E-state index in [4.69, 9.17) is 22.7 Å². The van der Waals surface area contributed by atoms with Crippen LogP contribution in [0.4, 0.5) is 0 Å². The molecule has 0 aromatic heterocycles. The molecule has 0 fully saturated rings. The van der Waals surface area contributed by atoms with Crippen LogP contribution in [0.15, 0.2) is 18.2 Å². The number of benzene rings is 1. The summed E-state index contributed by atoms with van der Waals surface area (Å²) in [5.74, 6) is 0.693. The second-order valence-electron chi connectivity index (χ2n) is 4.94. The second-order valence-corrected chi connectivity index (χ2v) is 5.35. The van der Waals surface area contributed by atoms with Crippen molar-refractivity contribution in [2.45, 2.75) is 27.3 Å². The van der Waals surface area contributed by atoms with Crippen molar-refractivity contribution < 1.29 is 0 Å². The lowest BCUT2D eigenvalue weighted by Gasteiger charge is -2.23. The summed E-state index contributed by atoms with van der Waals surface area (Å²) in [6, 6.07) is 5.58. The third-order valence-corrected chi connectivity index (χ3v) is 3.18. The molecule has 3 nitrogen and oxygen atoms in total. The molecule has 1 rings (SSSR count). The third-order valence-electron chi connectivity index (χ3n) is 2.83. The summed E-state index contributed by atoms with van der Waals surface area (Å²) in [6.45, 7) is 9.47. The van der Waals surface area contributed by atoms with Gasteiger partial charge in [0.05, 0.1) is 0 Å². The summed E-state index contributed by atoms with van der Waals surface area (Å²) < 4.78 is 0. The highest BCUT2D eigenvalue weighted by Gasteiger charge is 2.09. The number of nitrogens with two attached hydrogens (primary N) is 1. The van der Waals surface area contributed by atoms with E-state index in [-0.39, 0.29) is 5.84 Å². The Bertz CT molecular complexity index is 416. The predicted molar refractivity (Wildman–Crippen MR) is 78.3 cm³/mol. The summed E-state index contributed by atoms with van der Waals surface area (Å²) >= 11 is 6.23. The van der Waals surface area contributed by atoms with Crippen LogP contribution in [-0.2, 0) is 6.54 Å². The van der Waals surface area contributed by atoms with Crippen LogP contribution in [0.3, 0.4) is 0 Å². The van der Waals surface area contributed by atoms with Crippen molar-refractivity contribution >= 4 is 17.4 Å². The van der Waals surface area contributed by atoms with Gasteiger partial charge in [-0.25, -0.2) is 0 Å². The lowest BCUT2D eigenvalue weighted by molar-refractivity contribution is 0.248. The average Bonchev–Trinajstić information content (AvgIpc) is 2.29. The Morgan fingerprint density at radius 3 is 2.56 bits per heavy atom. The van der Waals surface area contributed by atoms with E-state index < -0.39 is 0 Å². The van der Waals surface area contributed by atoms with Crippen LogP contribution in [-0.4, -0.2) is 23.8 Å². The van der Waals surface area contributed by atoms with Crippen molar-refractivity contribution in [3.8, 4) is 0 Å². The van der Waals surface area contributed by atoms with Gasteiger partial charge in [0.2, 0.25) is 0 Å². The Hall–Kier alpha value is -1.06.